The molecule has 3 aromatic rings. The van der Waals surface area contributed by atoms with Crippen molar-refractivity contribution in [3.8, 4) is 11.5 Å². The van der Waals surface area contributed by atoms with Crippen molar-refractivity contribution in [1.82, 2.24) is 35.0 Å². The first-order chi connectivity index (χ1) is 13.1. The number of oxazole rings is 1. The molecular weight excluding hydrogens is 366 g/mol. The van der Waals surface area contributed by atoms with Gasteiger partial charge in [0, 0.05) is 18.9 Å². The summed E-state index contributed by atoms with van der Waals surface area (Å²) in [6.07, 6.45) is 6.59. The lowest BCUT2D eigenvalue weighted by atomic mass is 10.2. The average Bonchev–Trinajstić information content (AvgIpc) is 3.40. The molecular formula is C17H19N7O2S. The van der Waals surface area contributed by atoms with Crippen LogP contribution in [0.5, 0.6) is 0 Å². The molecule has 0 aliphatic carbocycles. The lowest BCUT2D eigenvalue weighted by Gasteiger charge is -2.22. The lowest BCUT2D eigenvalue weighted by molar-refractivity contribution is -0.129. The van der Waals surface area contributed by atoms with E-state index in [1.807, 2.05) is 18.7 Å². The van der Waals surface area contributed by atoms with Crippen molar-refractivity contribution in [3.63, 3.8) is 0 Å². The number of aromatic amines is 1. The number of carbonyl (C=O) groups excluding carboxylic acids is 1. The highest BCUT2D eigenvalue weighted by molar-refractivity contribution is 7.99. The van der Waals surface area contributed by atoms with Crippen LogP contribution in [0.3, 0.4) is 0 Å². The zero-order chi connectivity index (χ0) is 18.8. The summed E-state index contributed by atoms with van der Waals surface area (Å²) < 4.78 is 5.53. The van der Waals surface area contributed by atoms with Crippen LogP contribution in [0.4, 0.5) is 0 Å². The maximum absolute atomic E-state index is 12.7. The Hall–Kier alpha value is -2.75. The monoisotopic (exact) mass is 385 g/mol. The van der Waals surface area contributed by atoms with E-state index in [1.54, 1.807) is 18.6 Å². The smallest absolute Gasteiger partial charge is 0.256 e. The van der Waals surface area contributed by atoms with Crippen molar-refractivity contribution in [2.24, 2.45) is 0 Å². The summed E-state index contributed by atoms with van der Waals surface area (Å²) in [5.41, 5.74) is 1.45. The van der Waals surface area contributed by atoms with Crippen LogP contribution in [0.2, 0.25) is 0 Å². The van der Waals surface area contributed by atoms with Crippen molar-refractivity contribution in [1.29, 1.82) is 0 Å². The molecule has 4 heterocycles. The van der Waals surface area contributed by atoms with Gasteiger partial charge in [0.15, 0.2) is 0 Å². The number of rotatable bonds is 5. The lowest BCUT2D eigenvalue weighted by Crippen LogP contribution is -2.32. The predicted molar refractivity (Wildman–Crippen MR) is 97.8 cm³/mol. The summed E-state index contributed by atoms with van der Waals surface area (Å²) in [6, 6.07) is -0.107. The van der Waals surface area contributed by atoms with E-state index in [0.717, 1.165) is 24.3 Å². The topological polar surface area (TPSA) is 114 Å². The van der Waals surface area contributed by atoms with Crippen LogP contribution in [-0.2, 0) is 4.79 Å². The van der Waals surface area contributed by atoms with Crippen LogP contribution in [-0.4, -0.2) is 53.2 Å². The Bertz CT molecular complexity index is 920. The molecule has 1 fully saturated rings. The number of H-pyrrole nitrogens is 1. The normalized spacial score (nSPS) is 16.8. The molecule has 0 spiro atoms. The molecule has 10 heteroatoms. The molecule has 1 atom stereocenters. The number of likely N-dealkylation sites (tertiary alicyclic amines) is 1. The SMILES string of the molecule is Cc1nc(SCC(=O)N2CCCC2c2nc(-c3cnccn3)n[nH]2)oc1C. The largest absolute Gasteiger partial charge is 0.437 e. The maximum Gasteiger partial charge on any atom is 0.256 e. The van der Waals surface area contributed by atoms with Crippen molar-refractivity contribution >= 4 is 17.7 Å². The van der Waals surface area contributed by atoms with E-state index < -0.39 is 0 Å². The van der Waals surface area contributed by atoms with Crippen LogP contribution in [0.1, 0.15) is 36.2 Å². The number of hydrogen-bond acceptors (Lipinski definition) is 8. The Morgan fingerprint density at radius 1 is 1.37 bits per heavy atom. The molecule has 1 N–H and O–H groups in total. The molecule has 1 aliphatic heterocycles. The van der Waals surface area contributed by atoms with Gasteiger partial charge < -0.3 is 9.32 Å². The minimum absolute atomic E-state index is 0.0356. The number of carbonyl (C=O) groups is 1. The van der Waals surface area contributed by atoms with Crippen LogP contribution in [0.15, 0.2) is 28.2 Å². The van der Waals surface area contributed by atoms with Crippen LogP contribution < -0.4 is 0 Å². The second-order valence-electron chi connectivity index (χ2n) is 6.29. The fourth-order valence-corrected chi connectivity index (χ4v) is 3.81. The number of amides is 1. The van der Waals surface area contributed by atoms with E-state index in [0.29, 0.717) is 29.1 Å². The van der Waals surface area contributed by atoms with Crippen molar-refractivity contribution in [2.75, 3.05) is 12.3 Å². The first kappa shape index (κ1) is 17.7. The van der Waals surface area contributed by atoms with Crippen molar-refractivity contribution in [2.45, 2.75) is 38.0 Å². The molecule has 1 unspecified atom stereocenters. The second-order valence-corrected chi connectivity index (χ2v) is 7.22. The van der Waals surface area contributed by atoms with Gasteiger partial charge in [0.05, 0.1) is 23.7 Å². The fraction of sp³-hybridized carbons (Fsp3) is 0.412. The van der Waals surface area contributed by atoms with Gasteiger partial charge in [-0.15, -0.1) is 0 Å². The van der Waals surface area contributed by atoms with Gasteiger partial charge >= 0.3 is 0 Å². The highest BCUT2D eigenvalue weighted by Crippen LogP contribution is 2.31. The molecule has 27 heavy (non-hydrogen) atoms. The molecule has 3 aromatic heterocycles. The quantitative estimate of drug-likeness (QED) is 0.666. The molecule has 4 rings (SSSR count). The van der Waals surface area contributed by atoms with Crippen LogP contribution in [0, 0.1) is 13.8 Å². The molecule has 0 aromatic carbocycles. The molecule has 1 saturated heterocycles. The van der Waals surface area contributed by atoms with Crippen molar-refractivity contribution in [3.05, 3.63) is 35.9 Å². The fourth-order valence-electron chi connectivity index (χ4n) is 3.01. The van der Waals surface area contributed by atoms with Gasteiger partial charge in [0.1, 0.15) is 17.3 Å². The Balaban J connectivity index is 1.44. The Labute approximate surface area is 160 Å². The number of thioether (sulfide) groups is 1. The van der Waals surface area contributed by atoms with Crippen molar-refractivity contribution < 1.29 is 9.21 Å². The van der Waals surface area contributed by atoms with E-state index in [1.165, 1.54) is 11.8 Å². The third-order valence-electron chi connectivity index (χ3n) is 4.51. The summed E-state index contributed by atoms with van der Waals surface area (Å²) in [6.45, 7) is 4.46. The third kappa shape index (κ3) is 3.70. The van der Waals surface area contributed by atoms with Crippen LogP contribution >= 0.6 is 11.8 Å². The molecule has 1 amide bonds. The van der Waals surface area contributed by atoms with E-state index >= 15 is 0 Å². The maximum atomic E-state index is 12.7. The standard InChI is InChI=1S/C17H19N7O2S/c1-10-11(2)26-17(20-10)27-9-14(25)24-7-3-4-13(24)16-21-15(22-23-16)12-8-18-5-6-19-12/h5-6,8,13H,3-4,7,9H2,1-2H3,(H,21,22,23). The first-order valence-corrected chi connectivity index (χ1v) is 9.65. The van der Waals surface area contributed by atoms with Gasteiger partial charge in [-0.05, 0) is 26.7 Å². The number of aromatic nitrogens is 6. The second kappa shape index (κ2) is 7.47. The van der Waals surface area contributed by atoms with Gasteiger partial charge in [-0.1, -0.05) is 11.8 Å². The highest BCUT2D eigenvalue weighted by atomic mass is 32.2. The van der Waals surface area contributed by atoms with E-state index in [2.05, 4.69) is 30.1 Å². The third-order valence-corrected chi connectivity index (χ3v) is 5.32. The Kier molecular flexibility index (Phi) is 4.88. The molecule has 0 radical (unpaired) electrons. The molecule has 9 nitrogen and oxygen atoms in total. The summed E-state index contributed by atoms with van der Waals surface area (Å²) in [5, 5.41) is 7.71. The number of nitrogens with zero attached hydrogens (tertiary/aromatic N) is 6. The van der Waals surface area contributed by atoms with E-state index in [-0.39, 0.29) is 17.7 Å². The molecule has 140 valence electrons. The van der Waals surface area contributed by atoms with Gasteiger partial charge in [-0.25, -0.2) is 15.0 Å². The Morgan fingerprint density at radius 2 is 2.26 bits per heavy atom. The minimum Gasteiger partial charge on any atom is -0.437 e. The summed E-state index contributed by atoms with van der Waals surface area (Å²) in [5.74, 6) is 2.25. The summed E-state index contributed by atoms with van der Waals surface area (Å²) in [7, 11) is 0. The average molecular weight is 385 g/mol. The van der Waals surface area contributed by atoms with Gasteiger partial charge in [-0.3, -0.25) is 14.9 Å². The van der Waals surface area contributed by atoms with E-state index in [9.17, 15) is 4.79 Å². The summed E-state index contributed by atoms with van der Waals surface area (Å²) in [4.78, 5) is 31.6. The molecule has 0 saturated carbocycles. The molecule has 1 aliphatic rings. The molecule has 0 bridgehead atoms. The Morgan fingerprint density at radius 3 is 3.00 bits per heavy atom. The van der Waals surface area contributed by atoms with Gasteiger partial charge in [0.2, 0.25) is 11.7 Å². The van der Waals surface area contributed by atoms with Crippen LogP contribution in [0.25, 0.3) is 11.5 Å². The number of aryl methyl sites for hydroxylation is 2. The minimum atomic E-state index is -0.107. The first-order valence-electron chi connectivity index (χ1n) is 8.67. The zero-order valence-corrected chi connectivity index (χ0v) is 15.9. The number of hydrogen-bond donors (Lipinski definition) is 1. The number of nitrogens with one attached hydrogen (secondary N) is 1. The van der Waals surface area contributed by atoms with Gasteiger partial charge in [0.25, 0.3) is 5.22 Å². The van der Waals surface area contributed by atoms with E-state index in [4.69, 9.17) is 4.42 Å². The zero-order valence-electron chi connectivity index (χ0n) is 15.0. The van der Waals surface area contributed by atoms with Gasteiger partial charge in [-0.2, -0.15) is 5.10 Å². The highest BCUT2D eigenvalue weighted by Gasteiger charge is 2.32. The predicted octanol–water partition coefficient (Wildman–Crippen LogP) is 2.32. The summed E-state index contributed by atoms with van der Waals surface area (Å²) >= 11 is 1.32.